The molecule has 0 unspecified atom stereocenters. The van der Waals surface area contributed by atoms with Gasteiger partial charge < -0.3 is 24.3 Å². The number of benzene rings is 2. The van der Waals surface area contributed by atoms with Crippen molar-refractivity contribution in [3.63, 3.8) is 0 Å². The molecular formula is C18H21NO5. The molecule has 24 heavy (non-hydrogen) atoms. The monoisotopic (exact) mass is 331 g/mol. The van der Waals surface area contributed by atoms with Crippen LogP contribution in [-0.2, 0) is 0 Å². The van der Waals surface area contributed by atoms with Gasteiger partial charge in [-0.05, 0) is 36.4 Å². The van der Waals surface area contributed by atoms with E-state index in [4.69, 9.17) is 18.9 Å². The number of carbonyl (C=O) groups is 1. The number of ether oxygens (including phenoxy) is 4. The highest BCUT2D eigenvalue weighted by atomic mass is 16.5. The lowest BCUT2D eigenvalue weighted by Gasteiger charge is -2.10. The van der Waals surface area contributed by atoms with Crippen molar-refractivity contribution < 1.29 is 23.7 Å². The third-order valence-electron chi connectivity index (χ3n) is 3.33. The van der Waals surface area contributed by atoms with Crippen LogP contribution in [0.4, 0.5) is 0 Å². The summed E-state index contributed by atoms with van der Waals surface area (Å²) < 4.78 is 21.0. The van der Waals surface area contributed by atoms with Gasteiger partial charge >= 0.3 is 0 Å². The third-order valence-corrected chi connectivity index (χ3v) is 3.33. The summed E-state index contributed by atoms with van der Waals surface area (Å²) in [4.78, 5) is 12.2. The minimum Gasteiger partial charge on any atom is -0.497 e. The molecule has 2 rings (SSSR count). The Morgan fingerprint density at radius 3 is 1.92 bits per heavy atom. The summed E-state index contributed by atoms with van der Waals surface area (Å²) in [6, 6.07) is 12.3. The van der Waals surface area contributed by atoms with E-state index in [0.29, 0.717) is 36.0 Å². The van der Waals surface area contributed by atoms with Crippen molar-refractivity contribution in [2.24, 2.45) is 0 Å². The molecule has 2 aromatic carbocycles. The van der Waals surface area contributed by atoms with Crippen LogP contribution < -0.4 is 24.3 Å². The lowest BCUT2D eigenvalue weighted by molar-refractivity contribution is 0.0946. The number of carbonyl (C=O) groups excluding carboxylic acids is 1. The Hall–Kier alpha value is -2.89. The fourth-order valence-electron chi connectivity index (χ4n) is 2.05. The molecule has 128 valence electrons. The Kier molecular flexibility index (Phi) is 6.31. The molecule has 0 aliphatic carbocycles. The number of nitrogens with one attached hydrogen (secondary N) is 1. The SMILES string of the molecule is COc1ccc(OCCNC(=O)c2cc(OC)cc(OC)c2)cc1. The molecule has 0 aliphatic heterocycles. The molecular weight excluding hydrogens is 310 g/mol. The van der Waals surface area contributed by atoms with Crippen LogP contribution in [0.25, 0.3) is 0 Å². The second-order valence-corrected chi connectivity index (χ2v) is 4.88. The summed E-state index contributed by atoms with van der Waals surface area (Å²) >= 11 is 0. The van der Waals surface area contributed by atoms with Crippen LogP contribution in [0.15, 0.2) is 42.5 Å². The fourth-order valence-corrected chi connectivity index (χ4v) is 2.05. The van der Waals surface area contributed by atoms with Crippen LogP contribution in [0.5, 0.6) is 23.0 Å². The molecule has 1 N–H and O–H groups in total. The standard InChI is InChI=1S/C18H21NO5/c1-21-14-4-6-15(7-5-14)24-9-8-19-18(20)13-10-16(22-2)12-17(11-13)23-3/h4-7,10-12H,8-9H2,1-3H3,(H,19,20). The van der Waals surface area contributed by atoms with E-state index in [1.165, 1.54) is 0 Å². The first kappa shape index (κ1) is 17.5. The van der Waals surface area contributed by atoms with Gasteiger partial charge in [-0.1, -0.05) is 0 Å². The zero-order chi connectivity index (χ0) is 17.4. The van der Waals surface area contributed by atoms with E-state index in [2.05, 4.69) is 5.32 Å². The normalized spacial score (nSPS) is 9.96. The summed E-state index contributed by atoms with van der Waals surface area (Å²) in [7, 11) is 4.69. The Morgan fingerprint density at radius 2 is 1.38 bits per heavy atom. The minimum atomic E-state index is -0.217. The van der Waals surface area contributed by atoms with Gasteiger partial charge in [0.05, 0.1) is 27.9 Å². The van der Waals surface area contributed by atoms with Gasteiger partial charge in [-0.15, -0.1) is 0 Å². The maximum absolute atomic E-state index is 12.2. The lowest BCUT2D eigenvalue weighted by atomic mass is 10.2. The largest absolute Gasteiger partial charge is 0.497 e. The van der Waals surface area contributed by atoms with E-state index in [0.717, 1.165) is 5.75 Å². The van der Waals surface area contributed by atoms with Crippen LogP contribution in [-0.4, -0.2) is 40.4 Å². The van der Waals surface area contributed by atoms with Gasteiger partial charge in [0.1, 0.15) is 29.6 Å². The molecule has 0 aromatic heterocycles. The molecule has 0 spiro atoms. The number of rotatable bonds is 8. The molecule has 0 saturated carbocycles. The van der Waals surface area contributed by atoms with Crippen LogP contribution in [0.2, 0.25) is 0 Å². The lowest BCUT2D eigenvalue weighted by Crippen LogP contribution is -2.28. The van der Waals surface area contributed by atoms with Crippen molar-refractivity contribution in [3.05, 3.63) is 48.0 Å². The second-order valence-electron chi connectivity index (χ2n) is 4.88. The highest BCUT2D eigenvalue weighted by molar-refractivity contribution is 5.95. The number of amides is 1. The summed E-state index contributed by atoms with van der Waals surface area (Å²) in [5, 5.41) is 2.79. The van der Waals surface area contributed by atoms with E-state index >= 15 is 0 Å². The van der Waals surface area contributed by atoms with Crippen molar-refractivity contribution in [3.8, 4) is 23.0 Å². The molecule has 0 bridgehead atoms. The van der Waals surface area contributed by atoms with E-state index in [-0.39, 0.29) is 5.91 Å². The number of methoxy groups -OCH3 is 3. The number of hydrogen-bond donors (Lipinski definition) is 1. The second kappa shape index (κ2) is 8.67. The predicted molar refractivity (Wildman–Crippen MR) is 90.4 cm³/mol. The highest BCUT2D eigenvalue weighted by Gasteiger charge is 2.09. The third kappa shape index (κ3) is 4.81. The van der Waals surface area contributed by atoms with E-state index < -0.39 is 0 Å². The first-order valence-electron chi connectivity index (χ1n) is 7.44. The topological polar surface area (TPSA) is 66.0 Å². The van der Waals surface area contributed by atoms with E-state index in [1.54, 1.807) is 39.5 Å². The number of hydrogen-bond acceptors (Lipinski definition) is 5. The Labute approximate surface area is 141 Å². The molecule has 0 aliphatic rings. The molecule has 6 heteroatoms. The van der Waals surface area contributed by atoms with Gasteiger partial charge in [0.15, 0.2) is 0 Å². The molecule has 0 radical (unpaired) electrons. The maximum Gasteiger partial charge on any atom is 0.251 e. The van der Waals surface area contributed by atoms with Crippen LogP contribution in [0.3, 0.4) is 0 Å². The maximum atomic E-state index is 12.2. The highest BCUT2D eigenvalue weighted by Crippen LogP contribution is 2.22. The Morgan fingerprint density at radius 1 is 0.833 bits per heavy atom. The summed E-state index contributed by atoms with van der Waals surface area (Å²) in [6.07, 6.45) is 0. The molecule has 0 saturated heterocycles. The quantitative estimate of drug-likeness (QED) is 0.753. The molecule has 1 amide bonds. The molecule has 6 nitrogen and oxygen atoms in total. The summed E-state index contributed by atoms with van der Waals surface area (Å²) in [6.45, 7) is 0.740. The summed E-state index contributed by atoms with van der Waals surface area (Å²) in [5.74, 6) is 2.39. The van der Waals surface area contributed by atoms with Crippen LogP contribution in [0, 0.1) is 0 Å². The van der Waals surface area contributed by atoms with Crippen molar-refractivity contribution in [1.29, 1.82) is 0 Å². The van der Waals surface area contributed by atoms with Crippen molar-refractivity contribution in [2.75, 3.05) is 34.5 Å². The molecule has 0 heterocycles. The smallest absolute Gasteiger partial charge is 0.251 e. The van der Waals surface area contributed by atoms with Crippen LogP contribution >= 0.6 is 0 Å². The van der Waals surface area contributed by atoms with Gasteiger partial charge in [0.25, 0.3) is 5.91 Å². The predicted octanol–water partition coefficient (Wildman–Crippen LogP) is 2.52. The summed E-state index contributed by atoms with van der Waals surface area (Å²) in [5.41, 5.74) is 0.468. The van der Waals surface area contributed by atoms with Crippen molar-refractivity contribution >= 4 is 5.91 Å². The Bertz CT molecular complexity index is 647. The van der Waals surface area contributed by atoms with E-state index in [1.807, 2.05) is 24.3 Å². The average Bonchev–Trinajstić information content (AvgIpc) is 2.64. The Balaban J connectivity index is 1.84. The average molecular weight is 331 g/mol. The van der Waals surface area contributed by atoms with Gasteiger partial charge in [-0.3, -0.25) is 4.79 Å². The first-order chi connectivity index (χ1) is 11.7. The van der Waals surface area contributed by atoms with Gasteiger partial charge in [-0.2, -0.15) is 0 Å². The molecule has 2 aromatic rings. The van der Waals surface area contributed by atoms with Crippen LogP contribution in [0.1, 0.15) is 10.4 Å². The molecule has 0 fully saturated rings. The van der Waals surface area contributed by atoms with E-state index in [9.17, 15) is 4.79 Å². The fraction of sp³-hybridized carbons (Fsp3) is 0.278. The van der Waals surface area contributed by atoms with Gasteiger partial charge in [0, 0.05) is 11.6 Å². The zero-order valence-corrected chi connectivity index (χ0v) is 14.0. The zero-order valence-electron chi connectivity index (χ0n) is 14.0. The van der Waals surface area contributed by atoms with Gasteiger partial charge in [0.2, 0.25) is 0 Å². The van der Waals surface area contributed by atoms with Crippen molar-refractivity contribution in [1.82, 2.24) is 5.32 Å². The molecule has 0 atom stereocenters. The van der Waals surface area contributed by atoms with Crippen molar-refractivity contribution in [2.45, 2.75) is 0 Å². The van der Waals surface area contributed by atoms with Gasteiger partial charge in [-0.25, -0.2) is 0 Å². The first-order valence-corrected chi connectivity index (χ1v) is 7.44. The minimum absolute atomic E-state index is 0.217.